The van der Waals surface area contributed by atoms with Crippen LogP contribution >= 0.6 is 0 Å². The van der Waals surface area contributed by atoms with E-state index in [9.17, 15) is 4.79 Å². The second-order valence-corrected chi connectivity index (χ2v) is 7.30. The van der Waals surface area contributed by atoms with Crippen LogP contribution in [0.2, 0.25) is 0 Å². The normalized spacial score (nSPS) is 14.6. The number of aromatic nitrogens is 1. The van der Waals surface area contributed by atoms with E-state index >= 15 is 0 Å². The molecule has 0 unspecified atom stereocenters. The van der Waals surface area contributed by atoms with Crippen molar-refractivity contribution in [3.63, 3.8) is 0 Å². The molecule has 4 nitrogen and oxygen atoms in total. The lowest BCUT2D eigenvalue weighted by atomic mass is 10.0. The van der Waals surface area contributed by atoms with E-state index in [4.69, 9.17) is 4.74 Å². The molecule has 0 saturated heterocycles. The molecule has 4 rings (SSSR count). The number of aryl methyl sites for hydroxylation is 1. The van der Waals surface area contributed by atoms with Crippen LogP contribution in [0.5, 0.6) is 5.75 Å². The Morgan fingerprint density at radius 3 is 2.59 bits per heavy atom. The fourth-order valence-electron chi connectivity index (χ4n) is 4.07. The van der Waals surface area contributed by atoms with Crippen LogP contribution in [0.1, 0.15) is 37.7 Å². The van der Waals surface area contributed by atoms with Crippen molar-refractivity contribution in [3.05, 3.63) is 54.1 Å². The summed E-state index contributed by atoms with van der Waals surface area (Å²) in [4.78, 5) is 16.0. The van der Waals surface area contributed by atoms with Gasteiger partial charge >= 0.3 is 0 Å². The molecule has 1 saturated carbocycles. The van der Waals surface area contributed by atoms with Crippen molar-refractivity contribution < 1.29 is 9.53 Å². The van der Waals surface area contributed by atoms with E-state index in [2.05, 4.69) is 40.6 Å². The first-order valence-corrected chi connectivity index (χ1v) is 9.78. The van der Waals surface area contributed by atoms with E-state index in [0.717, 1.165) is 41.8 Å². The molecule has 4 heteroatoms. The van der Waals surface area contributed by atoms with Gasteiger partial charge in [-0.2, -0.15) is 0 Å². The Hall–Kier alpha value is -2.75. The molecule has 2 aromatic carbocycles. The lowest BCUT2D eigenvalue weighted by Gasteiger charge is -2.12. The molecule has 1 aromatic heterocycles. The summed E-state index contributed by atoms with van der Waals surface area (Å²) in [5, 5.41) is 4.39. The van der Waals surface area contributed by atoms with Gasteiger partial charge < -0.3 is 15.0 Å². The van der Waals surface area contributed by atoms with Gasteiger partial charge in [0.15, 0.2) is 0 Å². The first kappa shape index (κ1) is 17.7. The van der Waals surface area contributed by atoms with Gasteiger partial charge in [-0.25, -0.2) is 0 Å². The number of ether oxygens (including phenoxy) is 1. The number of para-hydroxylation sites is 1. The highest BCUT2D eigenvalue weighted by atomic mass is 16.5. The number of fused-ring (bicyclic) bond motifs is 1. The maximum atomic E-state index is 12.4. The zero-order valence-corrected chi connectivity index (χ0v) is 15.8. The topological polar surface area (TPSA) is 54.1 Å². The number of hydrogen-bond donors (Lipinski definition) is 2. The number of amides is 1. The van der Waals surface area contributed by atoms with Crippen molar-refractivity contribution in [1.82, 2.24) is 10.3 Å². The molecule has 1 amide bonds. The Labute approximate surface area is 159 Å². The molecule has 0 atom stereocenters. The molecule has 0 aliphatic heterocycles. The smallest absolute Gasteiger partial charge is 0.220 e. The summed E-state index contributed by atoms with van der Waals surface area (Å²) >= 11 is 0. The number of benzene rings is 2. The Morgan fingerprint density at radius 1 is 1.11 bits per heavy atom. The van der Waals surface area contributed by atoms with Gasteiger partial charge in [0.05, 0.1) is 7.11 Å². The maximum absolute atomic E-state index is 12.4. The van der Waals surface area contributed by atoms with Gasteiger partial charge in [-0.3, -0.25) is 4.79 Å². The first-order chi connectivity index (χ1) is 13.2. The van der Waals surface area contributed by atoms with Gasteiger partial charge in [-0.15, -0.1) is 0 Å². The van der Waals surface area contributed by atoms with E-state index in [1.165, 1.54) is 23.8 Å². The molecule has 1 aliphatic carbocycles. The number of carbonyl (C=O) groups excluding carboxylic acids is 1. The van der Waals surface area contributed by atoms with E-state index < -0.39 is 0 Å². The number of rotatable bonds is 6. The molecule has 3 aromatic rings. The number of methoxy groups -OCH3 is 1. The molecule has 0 spiro atoms. The Bertz CT molecular complexity index is 921. The molecule has 1 fully saturated rings. The van der Waals surface area contributed by atoms with Gasteiger partial charge in [0, 0.05) is 29.1 Å². The van der Waals surface area contributed by atoms with Crippen LogP contribution in [0.15, 0.2) is 48.5 Å². The first-order valence-electron chi connectivity index (χ1n) is 9.78. The van der Waals surface area contributed by atoms with Crippen LogP contribution in [0.4, 0.5) is 0 Å². The lowest BCUT2D eigenvalue weighted by molar-refractivity contribution is -0.121. The van der Waals surface area contributed by atoms with E-state index in [-0.39, 0.29) is 5.91 Å². The molecule has 27 heavy (non-hydrogen) atoms. The van der Waals surface area contributed by atoms with Crippen LogP contribution in [0.25, 0.3) is 22.2 Å². The standard InChI is InChI=1S/C23H26N2O2/c1-27-18-12-10-16(11-13-18)23-20(19-8-4-5-9-21(19)25-23)14-15-22(26)24-17-6-2-3-7-17/h4-5,8-13,17,25H,2-3,6-7,14-15H2,1H3,(H,24,26). The van der Waals surface area contributed by atoms with Gasteiger partial charge in [-0.05, 0) is 60.7 Å². The molecule has 1 heterocycles. The van der Waals surface area contributed by atoms with Crippen molar-refractivity contribution in [1.29, 1.82) is 0 Å². The average Bonchev–Trinajstić information content (AvgIpc) is 3.34. The molecule has 1 aliphatic rings. The van der Waals surface area contributed by atoms with Crippen LogP contribution in [0.3, 0.4) is 0 Å². The predicted octanol–water partition coefficient (Wildman–Crippen LogP) is 4.83. The fourth-order valence-corrected chi connectivity index (χ4v) is 4.07. The zero-order chi connectivity index (χ0) is 18.6. The van der Waals surface area contributed by atoms with Crippen molar-refractivity contribution in [3.8, 4) is 17.0 Å². The molecule has 0 radical (unpaired) electrons. The highest BCUT2D eigenvalue weighted by Crippen LogP contribution is 2.32. The molecular formula is C23H26N2O2. The summed E-state index contributed by atoms with van der Waals surface area (Å²) < 4.78 is 5.27. The summed E-state index contributed by atoms with van der Waals surface area (Å²) in [5.41, 5.74) is 4.51. The Balaban J connectivity index is 1.58. The monoisotopic (exact) mass is 362 g/mol. The zero-order valence-electron chi connectivity index (χ0n) is 15.8. The van der Waals surface area contributed by atoms with Crippen molar-refractivity contribution in [2.75, 3.05) is 7.11 Å². The second kappa shape index (κ2) is 7.87. The number of aromatic amines is 1. The third-order valence-corrected chi connectivity index (χ3v) is 5.51. The molecule has 2 N–H and O–H groups in total. The summed E-state index contributed by atoms with van der Waals surface area (Å²) in [5.74, 6) is 1.00. The average molecular weight is 362 g/mol. The minimum Gasteiger partial charge on any atom is -0.497 e. The second-order valence-electron chi connectivity index (χ2n) is 7.30. The lowest BCUT2D eigenvalue weighted by Crippen LogP contribution is -2.32. The Kier molecular flexibility index (Phi) is 5.14. The van der Waals surface area contributed by atoms with Gasteiger partial charge in [0.1, 0.15) is 5.75 Å². The largest absolute Gasteiger partial charge is 0.497 e. The summed E-state index contributed by atoms with van der Waals surface area (Å²) in [7, 11) is 1.67. The van der Waals surface area contributed by atoms with Crippen molar-refractivity contribution in [2.45, 2.75) is 44.6 Å². The maximum Gasteiger partial charge on any atom is 0.220 e. The van der Waals surface area contributed by atoms with Crippen LogP contribution < -0.4 is 10.1 Å². The predicted molar refractivity (Wildman–Crippen MR) is 109 cm³/mol. The van der Waals surface area contributed by atoms with E-state index in [1.807, 2.05) is 18.2 Å². The molecule has 0 bridgehead atoms. The number of H-pyrrole nitrogens is 1. The highest BCUT2D eigenvalue weighted by molar-refractivity contribution is 5.91. The quantitative estimate of drug-likeness (QED) is 0.659. The van der Waals surface area contributed by atoms with Gasteiger partial charge in [0.25, 0.3) is 0 Å². The summed E-state index contributed by atoms with van der Waals surface area (Å²) in [6.07, 6.45) is 5.95. The molecular weight excluding hydrogens is 336 g/mol. The van der Waals surface area contributed by atoms with E-state index in [1.54, 1.807) is 7.11 Å². The Morgan fingerprint density at radius 2 is 1.85 bits per heavy atom. The molecule has 140 valence electrons. The van der Waals surface area contributed by atoms with Gasteiger partial charge in [0.2, 0.25) is 5.91 Å². The summed E-state index contributed by atoms with van der Waals surface area (Å²) in [6, 6.07) is 16.7. The minimum atomic E-state index is 0.160. The van der Waals surface area contributed by atoms with Crippen LogP contribution in [-0.4, -0.2) is 24.0 Å². The van der Waals surface area contributed by atoms with Crippen molar-refractivity contribution in [2.24, 2.45) is 0 Å². The van der Waals surface area contributed by atoms with Crippen molar-refractivity contribution >= 4 is 16.8 Å². The fraction of sp³-hybridized carbons (Fsp3) is 0.348. The van der Waals surface area contributed by atoms with Crippen LogP contribution in [-0.2, 0) is 11.2 Å². The number of nitrogens with one attached hydrogen (secondary N) is 2. The third-order valence-electron chi connectivity index (χ3n) is 5.51. The number of hydrogen-bond acceptors (Lipinski definition) is 2. The third kappa shape index (κ3) is 3.85. The summed E-state index contributed by atoms with van der Waals surface area (Å²) in [6.45, 7) is 0. The highest BCUT2D eigenvalue weighted by Gasteiger charge is 2.18. The van der Waals surface area contributed by atoms with Crippen LogP contribution in [0, 0.1) is 0 Å². The van der Waals surface area contributed by atoms with Gasteiger partial charge in [-0.1, -0.05) is 31.0 Å². The minimum absolute atomic E-state index is 0.160. The van der Waals surface area contributed by atoms with E-state index in [0.29, 0.717) is 12.5 Å². The SMILES string of the molecule is COc1ccc(-c2[nH]c3ccccc3c2CCC(=O)NC2CCCC2)cc1. The number of carbonyl (C=O) groups is 1.